The first-order valence-corrected chi connectivity index (χ1v) is 23.4. The van der Waals surface area contributed by atoms with Crippen molar-refractivity contribution in [2.45, 2.75) is 0 Å². The lowest BCUT2D eigenvalue weighted by molar-refractivity contribution is 0.953. The van der Waals surface area contributed by atoms with Crippen molar-refractivity contribution < 1.29 is 0 Å². The van der Waals surface area contributed by atoms with E-state index in [0.717, 1.165) is 77.3 Å². The Balaban J connectivity index is 1.05. The summed E-state index contributed by atoms with van der Waals surface area (Å²) in [5.74, 6) is 1.74. The molecule has 14 aromatic rings. The number of hydrogen-bond donors (Lipinski definition) is 0. The predicted molar refractivity (Wildman–Crippen MR) is 285 cm³/mol. The van der Waals surface area contributed by atoms with Crippen molar-refractivity contribution in [2.24, 2.45) is 0 Å². The topological polar surface area (TPSA) is 53.5 Å². The Kier molecular flexibility index (Phi) is 8.79. The number of para-hydroxylation sites is 4. The summed E-state index contributed by atoms with van der Waals surface area (Å²) in [6, 6.07) is 86.3. The standard InChI is InChI=1S/C63H40N6/c1-4-19-41(20-5-1)47-27-10-11-28-48(47)43-23-18-26-46(39-43)68-56-33-16-13-30-50(56)53-37-38-54-51-31-14-17-34-57(51)69(60(54)59(53)68)63-65-61(42-21-6-2-7-22-42)64-62(66-63)44-35-36-52-49-29-12-15-32-55(49)67(58(52)40-44)45-24-8-3-9-25-45/h1-40H. The Morgan fingerprint density at radius 2 is 0.696 bits per heavy atom. The smallest absolute Gasteiger partial charge is 0.238 e. The molecule has 6 nitrogen and oxygen atoms in total. The summed E-state index contributed by atoms with van der Waals surface area (Å²) in [5, 5.41) is 6.91. The predicted octanol–water partition coefficient (Wildman–Crippen LogP) is 15.8. The summed E-state index contributed by atoms with van der Waals surface area (Å²) < 4.78 is 7.05. The summed E-state index contributed by atoms with van der Waals surface area (Å²) in [4.78, 5) is 16.2. The van der Waals surface area contributed by atoms with Crippen molar-refractivity contribution >= 4 is 65.4 Å². The summed E-state index contributed by atoms with van der Waals surface area (Å²) in [6.45, 7) is 0. The van der Waals surface area contributed by atoms with Gasteiger partial charge in [0.1, 0.15) is 0 Å². The van der Waals surface area contributed by atoms with Crippen LogP contribution < -0.4 is 0 Å². The fourth-order valence-electron chi connectivity index (χ4n) is 10.7. The van der Waals surface area contributed by atoms with Crippen molar-refractivity contribution in [1.29, 1.82) is 0 Å². The quantitative estimate of drug-likeness (QED) is 0.160. The molecule has 0 fully saturated rings. The Bertz CT molecular complexity index is 4300. The monoisotopic (exact) mass is 880 g/mol. The third-order valence-electron chi connectivity index (χ3n) is 13.7. The van der Waals surface area contributed by atoms with Crippen LogP contribution in [-0.2, 0) is 0 Å². The molecular weight excluding hydrogens is 841 g/mol. The second kappa shape index (κ2) is 15.6. The highest BCUT2D eigenvalue weighted by molar-refractivity contribution is 6.23. The molecule has 6 heteroatoms. The highest BCUT2D eigenvalue weighted by Gasteiger charge is 2.24. The molecule has 14 rings (SSSR count). The molecule has 0 aliphatic heterocycles. The number of nitrogens with zero attached hydrogens (tertiary/aromatic N) is 6. The van der Waals surface area contributed by atoms with Gasteiger partial charge in [0.2, 0.25) is 5.95 Å². The minimum absolute atomic E-state index is 0.545. The molecule has 0 saturated heterocycles. The minimum atomic E-state index is 0.545. The van der Waals surface area contributed by atoms with Crippen LogP contribution in [0, 0.1) is 0 Å². The normalized spacial score (nSPS) is 11.8. The zero-order valence-corrected chi connectivity index (χ0v) is 37.3. The molecule has 0 atom stereocenters. The van der Waals surface area contributed by atoms with Crippen molar-refractivity contribution in [2.75, 3.05) is 0 Å². The molecule has 69 heavy (non-hydrogen) atoms. The van der Waals surface area contributed by atoms with Gasteiger partial charge >= 0.3 is 0 Å². The van der Waals surface area contributed by atoms with E-state index in [1.807, 2.05) is 18.2 Å². The number of rotatable bonds is 7. The lowest BCUT2D eigenvalue weighted by Gasteiger charge is -2.15. The maximum atomic E-state index is 5.51. The first kappa shape index (κ1) is 38.8. The van der Waals surface area contributed by atoms with E-state index < -0.39 is 0 Å². The molecule has 0 amide bonds. The van der Waals surface area contributed by atoms with Crippen LogP contribution >= 0.6 is 0 Å². The van der Waals surface area contributed by atoms with E-state index in [4.69, 9.17) is 15.0 Å². The lowest BCUT2D eigenvalue weighted by atomic mass is 9.94. The summed E-state index contributed by atoms with van der Waals surface area (Å²) in [6.07, 6.45) is 0. The van der Waals surface area contributed by atoms with Gasteiger partial charge in [0.05, 0.1) is 33.1 Å². The van der Waals surface area contributed by atoms with Crippen molar-refractivity contribution in [1.82, 2.24) is 28.7 Å². The van der Waals surface area contributed by atoms with Crippen LogP contribution in [0.15, 0.2) is 243 Å². The third-order valence-corrected chi connectivity index (χ3v) is 13.7. The number of benzene rings is 10. The molecule has 4 heterocycles. The molecule has 0 radical (unpaired) electrons. The largest absolute Gasteiger partial charge is 0.309 e. The van der Waals surface area contributed by atoms with Crippen LogP contribution in [0.5, 0.6) is 0 Å². The van der Waals surface area contributed by atoms with Crippen molar-refractivity contribution in [3.05, 3.63) is 243 Å². The van der Waals surface area contributed by atoms with Crippen LogP contribution in [-0.4, -0.2) is 28.7 Å². The molecule has 0 aliphatic carbocycles. The molecule has 0 unspecified atom stereocenters. The SMILES string of the molecule is c1ccc(-c2nc(-c3ccc4c5ccccc5n(-c5ccccc5)c4c3)nc(-n3c4ccccc4c4ccc5c6ccccc6n(-c6cccc(-c7ccccc7-c7ccccc7)c6)c5c43)n2)cc1. The van der Waals surface area contributed by atoms with E-state index in [1.165, 1.54) is 32.8 Å². The minimum Gasteiger partial charge on any atom is -0.309 e. The first-order chi connectivity index (χ1) is 34.2. The van der Waals surface area contributed by atoms with E-state index in [1.54, 1.807) is 0 Å². The maximum absolute atomic E-state index is 5.51. The van der Waals surface area contributed by atoms with Gasteiger partial charge in [-0.3, -0.25) is 4.57 Å². The molecule has 10 aromatic carbocycles. The van der Waals surface area contributed by atoms with Gasteiger partial charge in [-0.15, -0.1) is 0 Å². The van der Waals surface area contributed by atoms with Gasteiger partial charge in [0, 0.05) is 54.8 Å². The highest BCUT2D eigenvalue weighted by Crippen LogP contribution is 2.43. The third kappa shape index (κ3) is 6.16. The first-order valence-electron chi connectivity index (χ1n) is 23.4. The van der Waals surface area contributed by atoms with E-state index in [0.29, 0.717) is 17.6 Å². The Morgan fingerprint density at radius 1 is 0.246 bits per heavy atom. The summed E-state index contributed by atoms with van der Waals surface area (Å²) in [5.41, 5.74) is 15.1. The molecular formula is C63H40N6. The molecule has 0 saturated carbocycles. The van der Waals surface area contributed by atoms with Crippen LogP contribution in [0.3, 0.4) is 0 Å². The lowest BCUT2D eigenvalue weighted by Crippen LogP contribution is -2.07. The Morgan fingerprint density at radius 3 is 1.36 bits per heavy atom. The number of aromatic nitrogens is 6. The van der Waals surface area contributed by atoms with E-state index in [-0.39, 0.29) is 0 Å². The van der Waals surface area contributed by atoms with Gasteiger partial charge < -0.3 is 9.13 Å². The molecule has 0 bridgehead atoms. The average molecular weight is 881 g/mol. The average Bonchev–Trinajstić information content (AvgIpc) is 4.07. The van der Waals surface area contributed by atoms with Gasteiger partial charge in [0.25, 0.3) is 0 Å². The van der Waals surface area contributed by atoms with Crippen LogP contribution in [0.25, 0.3) is 128 Å². The second-order valence-electron chi connectivity index (χ2n) is 17.6. The van der Waals surface area contributed by atoms with Crippen LogP contribution in [0.4, 0.5) is 0 Å². The van der Waals surface area contributed by atoms with E-state index in [2.05, 4.69) is 238 Å². The van der Waals surface area contributed by atoms with Gasteiger partial charge in [0.15, 0.2) is 11.6 Å². The Labute approximate surface area is 397 Å². The Hall–Kier alpha value is -9.39. The molecule has 4 aromatic heterocycles. The summed E-state index contributed by atoms with van der Waals surface area (Å²) >= 11 is 0. The summed E-state index contributed by atoms with van der Waals surface area (Å²) in [7, 11) is 0. The van der Waals surface area contributed by atoms with E-state index in [9.17, 15) is 0 Å². The van der Waals surface area contributed by atoms with Gasteiger partial charge in [-0.05, 0) is 70.8 Å². The molecule has 322 valence electrons. The van der Waals surface area contributed by atoms with Gasteiger partial charge in [-0.25, -0.2) is 4.98 Å². The number of hydrogen-bond acceptors (Lipinski definition) is 3. The fraction of sp³-hybridized carbons (Fsp3) is 0. The maximum Gasteiger partial charge on any atom is 0.238 e. The molecule has 0 aliphatic rings. The van der Waals surface area contributed by atoms with Gasteiger partial charge in [-0.1, -0.05) is 194 Å². The van der Waals surface area contributed by atoms with E-state index >= 15 is 0 Å². The van der Waals surface area contributed by atoms with Crippen LogP contribution in [0.1, 0.15) is 0 Å². The van der Waals surface area contributed by atoms with Crippen molar-refractivity contribution in [3.63, 3.8) is 0 Å². The van der Waals surface area contributed by atoms with Gasteiger partial charge in [-0.2, -0.15) is 9.97 Å². The van der Waals surface area contributed by atoms with Crippen molar-refractivity contribution in [3.8, 4) is 62.4 Å². The zero-order valence-electron chi connectivity index (χ0n) is 37.3. The fourth-order valence-corrected chi connectivity index (χ4v) is 10.7. The molecule has 0 N–H and O–H groups in total. The molecule has 0 spiro atoms. The second-order valence-corrected chi connectivity index (χ2v) is 17.6. The van der Waals surface area contributed by atoms with Crippen LogP contribution in [0.2, 0.25) is 0 Å². The number of fused-ring (bicyclic) bond motifs is 10. The highest BCUT2D eigenvalue weighted by atomic mass is 15.2. The zero-order chi connectivity index (χ0) is 45.4.